The number of anilines is 3. The SMILES string of the molecule is CC(C)(C)Nc1nc(Nc2cc(C(N)=O)ccn2)cc2ccn(CCO)c(=O)c12. The summed E-state index contributed by atoms with van der Waals surface area (Å²) in [5, 5.41) is 16.6. The molecular formula is C20H24N6O3. The minimum Gasteiger partial charge on any atom is -0.395 e. The molecule has 0 aliphatic heterocycles. The van der Waals surface area contributed by atoms with Crippen molar-refractivity contribution in [3.8, 4) is 0 Å². The molecule has 29 heavy (non-hydrogen) atoms. The maximum atomic E-state index is 12.9. The molecule has 0 fully saturated rings. The Kier molecular flexibility index (Phi) is 5.51. The summed E-state index contributed by atoms with van der Waals surface area (Å²) in [7, 11) is 0. The summed E-state index contributed by atoms with van der Waals surface area (Å²) in [5.41, 5.74) is 5.07. The lowest BCUT2D eigenvalue weighted by atomic mass is 10.1. The molecule has 3 aromatic rings. The first-order valence-corrected chi connectivity index (χ1v) is 9.14. The summed E-state index contributed by atoms with van der Waals surface area (Å²) >= 11 is 0. The maximum Gasteiger partial charge on any atom is 0.262 e. The predicted octanol–water partition coefficient (Wildman–Crippen LogP) is 1.84. The van der Waals surface area contributed by atoms with Gasteiger partial charge in [-0.1, -0.05) is 0 Å². The summed E-state index contributed by atoms with van der Waals surface area (Å²) < 4.78 is 1.45. The fourth-order valence-electron chi connectivity index (χ4n) is 2.88. The van der Waals surface area contributed by atoms with E-state index in [9.17, 15) is 14.7 Å². The summed E-state index contributed by atoms with van der Waals surface area (Å²) in [6.45, 7) is 5.96. The second kappa shape index (κ2) is 7.88. The van der Waals surface area contributed by atoms with Gasteiger partial charge in [0.15, 0.2) is 0 Å². The van der Waals surface area contributed by atoms with Crippen LogP contribution in [0.2, 0.25) is 0 Å². The van der Waals surface area contributed by atoms with Gasteiger partial charge < -0.3 is 26.0 Å². The minimum atomic E-state index is -0.554. The van der Waals surface area contributed by atoms with Crippen LogP contribution in [0.4, 0.5) is 17.5 Å². The van der Waals surface area contributed by atoms with E-state index < -0.39 is 5.91 Å². The third kappa shape index (κ3) is 4.69. The van der Waals surface area contributed by atoms with Gasteiger partial charge in [-0.3, -0.25) is 9.59 Å². The Hall–Kier alpha value is -3.46. The molecule has 0 aromatic carbocycles. The number of aliphatic hydroxyl groups is 1. The van der Waals surface area contributed by atoms with Crippen LogP contribution in [0.5, 0.6) is 0 Å². The first kappa shape index (κ1) is 20.3. The smallest absolute Gasteiger partial charge is 0.262 e. The molecule has 0 radical (unpaired) electrons. The van der Waals surface area contributed by atoms with Gasteiger partial charge in [0, 0.05) is 30.0 Å². The van der Waals surface area contributed by atoms with Crippen molar-refractivity contribution >= 4 is 34.1 Å². The topological polar surface area (TPSA) is 135 Å². The van der Waals surface area contributed by atoms with Crippen LogP contribution in [0.15, 0.2) is 41.5 Å². The van der Waals surface area contributed by atoms with Crippen LogP contribution < -0.4 is 21.9 Å². The monoisotopic (exact) mass is 396 g/mol. The number of fused-ring (bicyclic) bond motifs is 1. The van der Waals surface area contributed by atoms with Crippen LogP contribution in [0.1, 0.15) is 31.1 Å². The minimum absolute atomic E-state index is 0.137. The molecule has 0 aliphatic carbocycles. The van der Waals surface area contributed by atoms with E-state index in [1.54, 1.807) is 18.3 Å². The average Bonchev–Trinajstić information content (AvgIpc) is 2.63. The van der Waals surface area contributed by atoms with Crippen LogP contribution in [-0.4, -0.2) is 37.7 Å². The Bertz CT molecular complexity index is 1120. The van der Waals surface area contributed by atoms with Crippen molar-refractivity contribution in [2.45, 2.75) is 32.9 Å². The molecule has 3 heterocycles. The zero-order valence-electron chi connectivity index (χ0n) is 16.6. The molecule has 9 heteroatoms. The summed E-state index contributed by atoms with van der Waals surface area (Å²) in [5.74, 6) is 0.725. The highest BCUT2D eigenvalue weighted by Crippen LogP contribution is 2.26. The van der Waals surface area contributed by atoms with Gasteiger partial charge in [-0.15, -0.1) is 0 Å². The fraction of sp³-hybridized carbons (Fsp3) is 0.300. The molecule has 0 bridgehead atoms. The van der Waals surface area contributed by atoms with E-state index in [-0.39, 0.29) is 24.2 Å². The third-order valence-electron chi connectivity index (χ3n) is 4.09. The number of hydrogen-bond donors (Lipinski definition) is 4. The highest BCUT2D eigenvalue weighted by atomic mass is 16.3. The first-order valence-electron chi connectivity index (χ1n) is 9.14. The van der Waals surface area contributed by atoms with Crippen LogP contribution in [0.25, 0.3) is 10.8 Å². The number of primary amides is 1. The molecule has 0 aliphatic rings. The van der Waals surface area contributed by atoms with E-state index in [1.807, 2.05) is 20.8 Å². The Morgan fingerprint density at radius 3 is 2.66 bits per heavy atom. The lowest BCUT2D eigenvalue weighted by Gasteiger charge is -2.23. The second-order valence-corrected chi connectivity index (χ2v) is 7.65. The first-order chi connectivity index (χ1) is 13.7. The van der Waals surface area contributed by atoms with Crippen LogP contribution >= 0.6 is 0 Å². The van der Waals surface area contributed by atoms with Gasteiger partial charge in [0.2, 0.25) is 5.91 Å². The number of nitrogens with one attached hydrogen (secondary N) is 2. The molecule has 0 spiro atoms. The van der Waals surface area contributed by atoms with Crippen molar-refractivity contribution in [1.29, 1.82) is 0 Å². The molecule has 1 amide bonds. The molecule has 0 atom stereocenters. The summed E-state index contributed by atoms with van der Waals surface area (Å²) in [6.07, 6.45) is 3.11. The number of nitrogens with zero attached hydrogens (tertiary/aromatic N) is 3. The number of pyridine rings is 3. The van der Waals surface area contributed by atoms with E-state index in [4.69, 9.17) is 5.73 Å². The molecule has 5 N–H and O–H groups in total. The van der Waals surface area contributed by atoms with Gasteiger partial charge >= 0.3 is 0 Å². The lowest BCUT2D eigenvalue weighted by molar-refractivity contribution is 0.1000. The lowest BCUT2D eigenvalue weighted by Crippen LogP contribution is -2.29. The van der Waals surface area contributed by atoms with Gasteiger partial charge in [0.25, 0.3) is 5.56 Å². The Morgan fingerprint density at radius 2 is 2.00 bits per heavy atom. The number of aromatic nitrogens is 3. The Balaban J connectivity index is 2.12. The van der Waals surface area contributed by atoms with Gasteiger partial charge in [-0.05, 0) is 50.4 Å². The van der Waals surface area contributed by atoms with Gasteiger partial charge in [0.1, 0.15) is 17.5 Å². The Labute approximate surface area is 167 Å². The van der Waals surface area contributed by atoms with E-state index in [0.29, 0.717) is 33.8 Å². The molecule has 0 saturated heterocycles. The predicted molar refractivity (Wildman–Crippen MR) is 113 cm³/mol. The molecule has 0 saturated carbocycles. The number of amides is 1. The van der Waals surface area contributed by atoms with E-state index in [0.717, 1.165) is 0 Å². The fourth-order valence-corrected chi connectivity index (χ4v) is 2.88. The van der Waals surface area contributed by atoms with Gasteiger partial charge in [-0.25, -0.2) is 9.97 Å². The number of rotatable bonds is 6. The van der Waals surface area contributed by atoms with Crippen LogP contribution in [0.3, 0.4) is 0 Å². The number of carbonyl (C=O) groups is 1. The second-order valence-electron chi connectivity index (χ2n) is 7.65. The van der Waals surface area contributed by atoms with E-state index >= 15 is 0 Å². The summed E-state index contributed by atoms with van der Waals surface area (Å²) in [6, 6.07) is 6.58. The molecule has 152 valence electrons. The van der Waals surface area contributed by atoms with Crippen molar-refractivity contribution < 1.29 is 9.90 Å². The molecule has 0 unspecified atom stereocenters. The highest BCUT2D eigenvalue weighted by Gasteiger charge is 2.17. The average molecular weight is 396 g/mol. The zero-order chi connectivity index (χ0) is 21.2. The van der Waals surface area contributed by atoms with Crippen molar-refractivity contribution in [2.75, 3.05) is 17.2 Å². The van der Waals surface area contributed by atoms with Crippen molar-refractivity contribution in [1.82, 2.24) is 14.5 Å². The van der Waals surface area contributed by atoms with Crippen LogP contribution in [0, 0.1) is 0 Å². The highest BCUT2D eigenvalue weighted by molar-refractivity contribution is 5.95. The Morgan fingerprint density at radius 1 is 1.24 bits per heavy atom. The molecule has 3 aromatic heterocycles. The van der Waals surface area contributed by atoms with Crippen LogP contribution in [-0.2, 0) is 6.54 Å². The normalized spacial score (nSPS) is 11.4. The van der Waals surface area contributed by atoms with Crippen molar-refractivity contribution in [2.24, 2.45) is 5.73 Å². The van der Waals surface area contributed by atoms with Crippen molar-refractivity contribution in [3.63, 3.8) is 0 Å². The largest absolute Gasteiger partial charge is 0.395 e. The quantitative estimate of drug-likeness (QED) is 0.499. The zero-order valence-corrected chi connectivity index (χ0v) is 16.6. The van der Waals surface area contributed by atoms with Crippen molar-refractivity contribution in [3.05, 3.63) is 52.6 Å². The number of nitrogens with two attached hydrogens (primary N) is 1. The summed E-state index contributed by atoms with van der Waals surface area (Å²) in [4.78, 5) is 33.1. The maximum absolute atomic E-state index is 12.9. The number of aliphatic hydroxyl groups excluding tert-OH is 1. The molecule has 3 rings (SSSR count). The standard InChI is InChI=1S/C20H24N6O3/c1-20(2,3)25-18-16-12(5-7-26(8-9-27)19(16)29)10-15(24-18)23-14-11-13(17(21)28)4-6-22-14/h4-7,10-11,27H,8-9H2,1-3H3,(H2,21,28)(H2,22,23,24,25). The van der Waals surface area contributed by atoms with E-state index in [2.05, 4.69) is 20.6 Å². The molecular weight excluding hydrogens is 372 g/mol. The van der Waals surface area contributed by atoms with Gasteiger partial charge in [0.05, 0.1) is 12.0 Å². The number of carbonyl (C=O) groups excluding carboxylic acids is 1. The third-order valence-corrected chi connectivity index (χ3v) is 4.09. The number of hydrogen-bond acceptors (Lipinski definition) is 7. The molecule has 9 nitrogen and oxygen atoms in total. The van der Waals surface area contributed by atoms with E-state index in [1.165, 1.54) is 22.9 Å². The van der Waals surface area contributed by atoms with Gasteiger partial charge in [-0.2, -0.15) is 0 Å².